The van der Waals surface area contributed by atoms with E-state index in [9.17, 15) is 23.1 Å². The fourth-order valence-corrected chi connectivity index (χ4v) is 3.22. The zero-order valence-corrected chi connectivity index (χ0v) is 19.7. The topological polar surface area (TPSA) is 70.6 Å². The van der Waals surface area contributed by atoms with Crippen molar-refractivity contribution in [3.05, 3.63) is 62.6 Å². The van der Waals surface area contributed by atoms with Crippen molar-refractivity contribution in [1.82, 2.24) is 5.32 Å². The minimum atomic E-state index is -5.03. The van der Waals surface area contributed by atoms with Gasteiger partial charge in [-0.2, -0.15) is 13.2 Å². The van der Waals surface area contributed by atoms with E-state index >= 15 is 0 Å². The lowest BCUT2D eigenvalue weighted by Crippen LogP contribution is -2.47. The number of alkyl carbamates (subject to hydrolysis) is 1. The third kappa shape index (κ3) is 6.81. The number of hydrogen-bond acceptors (Lipinski definition) is 4. The molecule has 5 nitrogen and oxygen atoms in total. The van der Waals surface area contributed by atoms with Crippen LogP contribution in [0.3, 0.4) is 0 Å². The van der Waals surface area contributed by atoms with E-state index in [1.807, 2.05) is 0 Å². The molecule has 0 aromatic heterocycles. The van der Waals surface area contributed by atoms with Crippen molar-refractivity contribution in [2.24, 2.45) is 0 Å². The third-order valence-electron chi connectivity index (χ3n) is 4.27. The van der Waals surface area contributed by atoms with Crippen molar-refractivity contribution in [3.8, 4) is 0 Å². The molecule has 1 amide bonds. The van der Waals surface area contributed by atoms with E-state index in [2.05, 4.69) is 10.6 Å². The van der Waals surface area contributed by atoms with Crippen molar-refractivity contribution in [1.29, 1.82) is 0 Å². The SMILES string of the molecule is CC(C)(C)OC(=O)NCc1ccc(NC[C@](O)(c2cc(Cl)c(Cl)c(Cl)c2)C(F)(F)F)cc1. The van der Waals surface area contributed by atoms with Crippen LogP contribution in [0, 0.1) is 0 Å². The number of carbonyl (C=O) groups excluding carboxylic acids is 1. The lowest BCUT2D eigenvalue weighted by molar-refractivity contribution is -0.260. The van der Waals surface area contributed by atoms with E-state index in [0.29, 0.717) is 11.3 Å². The Morgan fingerprint density at radius 3 is 2.03 bits per heavy atom. The fourth-order valence-electron chi connectivity index (χ4n) is 2.62. The Balaban J connectivity index is 2.10. The minimum Gasteiger partial charge on any atom is -0.444 e. The van der Waals surface area contributed by atoms with Crippen LogP contribution >= 0.6 is 34.8 Å². The van der Waals surface area contributed by atoms with E-state index in [1.165, 1.54) is 12.1 Å². The molecule has 11 heteroatoms. The van der Waals surface area contributed by atoms with Crippen molar-refractivity contribution in [2.45, 2.75) is 44.7 Å². The van der Waals surface area contributed by atoms with Crippen LogP contribution in [0.25, 0.3) is 0 Å². The molecule has 0 aliphatic carbocycles. The summed E-state index contributed by atoms with van der Waals surface area (Å²) in [5.74, 6) is 0. The molecule has 0 aliphatic rings. The van der Waals surface area contributed by atoms with Crippen LogP contribution in [0.1, 0.15) is 31.9 Å². The normalized spacial score (nSPS) is 13.9. The molecule has 1 atom stereocenters. The molecule has 0 aliphatic heterocycles. The summed E-state index contributed by atoms with van der Waals surface area (Å²) in [6.07, 6.45) is -5.62. The highest BCUT2D eigenvalue weighted by Gasteiger charge is 2.55. The number of nitrogens with one attached hydrogen (secondary N) is 2. The van der Waals surface area contributed by atoms with Gasteiger partial charge >= 0.3 is 12.3 Å². The van der Waals surface area contributed by atoms with E-state index in [1.54, 1.807) is 32.9 Å². The molecule has 0 bridgehead atoms. The maximum absolute atomic E-state index is 13.8. The third-order valence-corrected chi connectivity index (χ3v) is 5.47. The smallest absolute Gasteiger partial charge is 0.423 e. The second-order valence-corrected chi connectivity index (χ2v) is 9.21. The van der Waals surface area contributed by atoms with E-state index in [4.69, 9.17) is 39.5 Å². The predicted molar refractivity (Wildman–Crippen MR) is 119 cm³/mol. The van der Waals surface area contributed by atoms with E-state index < -0.39 is 35.6 Å². The first-order valence-electron chi connectivity index (χ1n) is 9.36. The van der Waals surface area contributed by atoms with Crippen molar-refractivity contribution < 1.29 is 27.8 Å². The largest absolute Gasteiger partial charge is 0.444 e. The standard InChI is InChI=1S/C21H22Cl3F3N2O3/c1-19(2,3)32-18(30)28-10-12-4-6-14(7-5-12)29-11-20(31,21(25,26)27)13-8-15(22)17(24)16(23)9-13/h4-9,29,31H,10-11H2,1-3H3,(H,28,30)/t20-/m0/s1. The highest BCUT2D eigenvalue weighted by atomic mass is 35.5. The molecule has 2 aromatic carbocycles. The van der Waals surface area contributed by atoms with Crippen molar-refractivity contribution >= 4 is 46.6 Å². The molecule has 3 N–H and O–H groups in total. The van der Waals surface area contributed by atoms with Gasteiger partial charge in [0.05, 0.1) is 21.6 Å². The first-order valence-corrected chi connectivity index (χ1v) is 10.5. The summed E-state index contributed by atoms with van der Waals surface area (Å²) in [4.78, 5) is 11.7. The van der Waals surface area contributed by atoms with Crippen LogP contribution in [0.15, 0.2) is 36.4 Å². The van der Waals surface area contributed by atoms with Gasteiger partial charge in [0.1, 0.15) is 5.60 Å². The Hall–Kier alpha value is -1.87. The van der Waals surface area contributed by atoms with Crippen LogP contribution in [-0.2, 0) is 16.9 Å². The zero-order chi connectivity index (χ0) is 24.3. The maximum Gasteiger partial charge on any atom is 0.423 e. The number of carbonyl (C=O) groups is 1. The average Bonchev–Trinajstić information content (AvgIpc) is 2.66. The zero-order valence-electron chi connectivity index (χ0n) is 17.4. The summed E-state index contributed by atoms with van der Waals surface area (Å²) >= 11 is 17.5. The summed E-state index contributed by atoms with van der Waals surface area (Å²) in [6.45, 7) is 4.48. The molecule has 0 fully saturated rings. The number of rotatable bonds is 6. The number of benzene rings is 2. The molecule has 0 unspecified atom stereocenters. The molecule has 176 valence electrons. The van der Waals surface area contributed by atoms with Crippen LogP contribution in [0.4, 0.5) is 23.7 Å². The molecule has 0 radical (unpaired) electrons. The number of hydrogen-bond donors (Lipinski definition) is 3. The van der Waals surface area contributed by atoms with Crippen LogP contribution in [0.5, 0.6) is 0 Å². The Morgan fingerprint density at radius 2 is 1.56 bits per heavy atom. The van der Waals surface area contributed by atoms with Gasteiger partial charge in [-0.15, -0.1) is 0 Å². The van der Waals surface area contributed by atoms with Crippen LogP contribution < -0.4 is 10.6 Å². The Kier molecular flexibility index (Phi) is 8.20. The van der Waals surface area contributed by atoms with Crippen LogP contribution in [-0.4, -0.2) is 29.5 Å². The Morgan fingerprint density at radius 1 is 1.03 bits per heavy atom. The Labute approximate surface area is 198 Å². The summed E-state index contributed by atoms with van der Waals surface area (Å²) in [5, 5.41) is 15.1. The summed E-state index contributed by atoms with van der Waals surface area (Å²) in [6, 6.07) is 8.12. The first kappa shape index (κ1) is 26.4. The number of anilines is 1. The molecule has 0 spiro atoms. The second kappa shape index (κ2) is 9.95. The van der Waals surface area contributed by atoms with Gasteiger partial charge in [0.25, 0.3) is 0 Å². The molecule has 2 rings (SSSR count). The molecule has 0 saturated heterocycles. The van der Waals surface area contributed by atoms with Gasteiger partial charge in [-0.1, -0.05) is 46.9 Å². The Bertz CT molecular complexity index is 940. The number of amides is 1. The van der Waals surface area contributed by atoms with Gasteiger partial charge in [0, 0.05) is 12.2 Å². The van der Waals surface area contributed by atoms with Crippen LogP contribution in [0.2, 0.25) is 15.1 Å². The van der Waals surface area contributed by atoms with Gasteiger partial charge in [-0.05, 0) is 56.2 Å². The first-order chi connectivity index (χ1) is 14.6. The van der Waals surface area contributed by atoms with Crippen molar-refractivity contribution in [2.75, 3.05) is 11.9 Å². The number of ether oxygens (including phenoxy) is 1. The van der Waals surface area contributed by atoms with Gasteiger partial charge in [0.2, 0.25) is 5.60 Å². The quantitative estimate of drug-likeness (QED) is 0.384. The number of aliphatic hydroxyl groups is 1. The average molecular weight is 514 g/mol. The predicted octanol–water partition coefficient (Wildman–Crippen LogP) is 6.53. The summed E-state index contributed by atoms with van der Waals surface area (Å²) in [5.41, 5.74) is -3.44. The number of alkyl halides is 3. The summed E-state index contributed by atoms with van der Waals surface area (Å²) in [7, 11) is 0. The lowest BCUT2D eigenvalue weighted by Gasteiger charge is -2.32. The molecule has 32 heavy (non-hydrogen) atoms. The van der Waals surface area contributed by atoms with E-state index in [-0.39, 0.29) is 21.6 Å². The second-order valence-electron chi connectivity index (χ2n) is 8.02. The van der Waals surface area contributed by atoms with Gasteiger partial charge in [-0.3, -0.25) is 0 Å². The highest BCUT2D eigenvalue weighted by molar-refractivity contribution is 6.48. The maximum atomic E-state index is 13.8. The van der Waals surface area contributed by atoms with Crippen molar-refractivity contribution in [3.63, 3.8) is 0 Å². The number of halogens is 6. The molecule has 2 aromatic rings. The van der Waals surface area contributed by atoms with E-state index in [0.717, 1.165) is 12.1 Å². The lowest BCUT2D eigenvalue weighted by atomic mass is 9.92. The molecule has 0 heterocycles. The fraction of sp³-hybridized carbons (Fsp3) is 0.381. The monoisotopic (exact) mass is 512 g/mol. The molecular formula is C21H22Cl3F3N2O3. The summed E-state index contributed by atoms with van der Waals surface area (Å²) < 4.78 is 46.4. The molecule has 0 saturated carbocycles. The highest BCUT2D eigenvalue weighted by Crippen LogP contribution is 2.43. The van der Waals surface area contributed by atoms with Gasteiger partial charge < -0.3 is 20.5 Å². The minimum absolute atomic E-state index is 0.106. The molecular weight excluding hydrogens is 492 g/mol. The van der Waals surface area contributed by atoms with Gasteiger partial charge in [-0.25, -0.2) is 4.79 Å². The van der Waals surface area contributed by atoms with Gasteiger partial charge in [0.15, 0.2) is 0 Å².